The number of amides is 1. The SMILES string of the molecule is CCCCCOc1ccc(C2/C(=C(\O)c3cc(C)ccc3C)C(=O)C(=O)N2c2nc3ccc(Cl)cc3s2)cc1. The van der Waals surface area contributed by atoms with E-state index in [1.165, 1.54) is 16.2 Å². The number of Topliss-reactive ketones (excluding diaryl/α,β-unsaturated/α-hetero) is 1. The zero-order valence-corrected chi connectivity index (χ0v) is 23.6. The largest absolute Gasteiger partial charge is 0.507 e. The second-order valence-corrected chi connectivity index (χ2v) is 11.2. The molecule has 0 aliphatic carbocycles. The molecule has 0 bridgehead atoms. The summed E-state index contributed by atoms with van der Waals surface area (Å²) in [4.78, 5) is 33.1. The number of hydrogen-bond acceptors (Lipinski definition) is 6. The van der Waals surface area contributed by atoms with Gasteiger partial charge in [0.05, 0.1) is 28.4 Å². The number of nitrogens with zero attached hydrogens (tertiary/aromatic N) is 2. The van der Waals surface area contributed by atoms with E-state index in [4.69, 9.17) is 16.3 Å². The van der Waals surface area contributed by atoms with Crippen LogP contribution >= 0.6 is 22.9 Å². The van der Waals surface area contributed by atoms with E-state index in [1.54, 1.807) is 18.2 Å². The molecule has 1 aliphatic heterocycles. The third-order valence-electron chi connectivity index (χ3n) is 6.85. The van der Waals surface area contributed by atoms with Crippen LogP contribution in [-0.2, 0) is 9.59 Å². The summed E-state index contributed by atoms with van der Waals surface area (Å²) in [5.41, 5.74) is 3.62. The van der Waals surface area contributed by atoms with Crippen LogP contribution in [0.3, 0.4) is 0 Å². The summed E-state index contributed by atoms with van der Waals surface area (Å²) in [5, 5.41) is 12.4. The molecule has 2 heterocycles. The van der Waals surface area contributed by atoms with Gasteiger partial charge in [-0.2, -0.15) is 0 Å². The predicted molar refractivity (Wildman–Crippen MR) is 157 cm³/mol. The van der Waals surface area contributed by atoms with Crippen LogP contribution in [0.4, 0.5) is 5.13 Å². The first-order valence-corrected chi connectivity index (χ1v) is 14.2. The molecule has 1 unspecified atom stereocenters. The van der Waals surface area contributed by atoms with Gasteiger partial charge >= 0.3 is 5.91 Å². The molecule has 200 valence electrons. The van der Waals surface area contributed by atoms with E-state index in [9.17, 15) is 14.7 Å². The average Bonchev–Trinajstić information content (AvgIpc) is 3.45. The van der Waals surface area contributed by atoms with E-state index in [2.05, 4.69) is 11.9 Å². The number of aliphatic hydroxyl groups is 1. The summed E-state index contributed by atoms with van der Waals surface area (Å²) >= 11 is 7.46. The van der Waals surface area contributed by atoms with E-state index in [1.807, 2.05) is 56.3 Å². The van der Waals surface area contributed by atoms with Crippen molar-refractivity contribution in [2.24, 2.45) is 0 Å². The Hall–Kier alpha value is -3.68. The number of carbonyl (C=O) groups is 2. The number of unbranched alkanes of at least 4 members (excludes halogenated alkanes) is 2. The van der Waals surface area contributed by atoms with Crippen molar-refractivity contribution in [2.75, 3.05) is 11.5 Å². The summed E-state index contributed by atoms with van der Waals surface area (Å²) in [5.74, 6) is -0.991. The van der Waals surface area contributed by atoms with E-state index >= 15 is 0 Å². The van der Waals surface area contributed by atoms with E-state index in [0.717, 1.165) is 35.1 Å². The maximum atomic E-state index is 13.5. The molecule has 0 spiro atoms. The van der Waals surface area contributed by atoms with Crippen molar-refractivity contribution >= 4 is 55.7 Å². The summed E-state index contributed by atoms with van der Waals surface area (Å²) in [7, 11) is 0. The topological polar surface area (TPSA) is 79.7 Å². The van der Waals surface area contributed by atoms with Crippen LogP contribution < -0.4 is 9.64 Å². The molecule has 1 atom stereocenters. The number of benzene rings is 3. The fraction of sp³-hybridized carbons (Fsp3) is 0.258. The van der Waals surface area contributed by atoms with Gasteiger partial charge < -0.3 is 9.84 Å². The standard InChI is InChI=1S/C31H29ClN2O4S/c1-4-5-6-15-38-22-12-9-20(10-13-22)27-26(28(35)23-16-18(2)7-8-19(23)3)29(36)30(37)34(27)31-33-24-14-11-21(32)17-25(24)39-31/h7-14,16-17,27,35H,4-6,15H2,1-3H3/b28-26+. The Kier molecular flexibility index (Phi) is 7.73. The lowest BCUT2D eigenvalue weighted by atomic mass is 9.93. The molecule has 4 aromatic rings. The smallest absolute Gasteiger partial charge is 0.301 e. The number of halogens is 1. The highest BCUT2D eigenvalue weighted by Crippen LogP contribution is 2.45. The van der Waals surface area contributed by atoms with Gasteiger partial charge in [-0.05, 0) is 67.8 Å². The Balaban J connectivity index is 1.63. The third-order valence-corrected chi connectivity index (χ3v) is 8.10. The number of anilines is 1. The molecule has 1 amide bonds. The molecular weight excluding hydrogens is 532 g/mol. The van der Waals surface area contributed by atoms with Crippen LogP contribution in [0.5, 0.6) is 5.75 Å². The van der Waals surface area contributed by atoms with Gasteiger partial charge in [0, 0.05) is 10.6 Å². The minimum Gasteiger partial charge on any atom is -0.507 e. The Morgan fingerprint density at radius 3 is 2.56 bits per heavy atom. The lowest BCUT2D eigenvalue weighted by Gasteiger charge is -2.23. The Morgan fingerprint density at radius 2 is 1.82 bits per heavy atom. The number of aryl methyl sites for hydroxylation is 2. The molecule has 8 heteroatoms. The van der Waals surface area contributed by atoms with Crippen LogP contribution in [0.2, 0.25) is 5.02 Å². The average molecular weight is 561 g/mol. The summed E-state index contributed by atoms with van der Waals surface area (Å²) in [6, 6.07) is 17.4. The number of hydrogen-bond donors (Lipinski definition) is 1. The van der Waals surface area contributed by atoms with Gasteiger partial charge in [-0.25, -0.2) is 4.98 Å². The molecule has 3 aromatic carbocycles. The van der Waals surface area contributed by atoms with Crippen molar-refractivity contribution in [3.63, 3.8) is 0 Å². The molecule has 39 heavy (non-hydrogen) atoms. The van der Waals surface area contributed by atoms with Gasteiger partial charge in [-0.1, -0.05) is 72.5 Å². The molecule has 0 saturated carbocycles. The fourth-order valence-electron chi connectivity index (χ4n) is 4.76. The number of carbonyl (C=O) groups excluding carboxylic acids is 2. The van der Waals surface area contributed by atoms with Gasteiger partial charge in [-0.3, -0.25) is 14.5 Å². The van der Waals surface area contributed by atoms with Crippen LogP contribution in [0.1, 0.15) is 54.5 Å². The van der Waals surface area contributed by atoms with Crippen molar-refractivity contribution in [3.05, 3.63) is 93.5 Å². The normalized spacial score (nSPS) is 16.8. The highest BCUT2D eigenvalue weighted by atomic mass is 35.5. The van der Waals surface area contributed by atoms with Crippen molar-refractivity contribution in [1.82, 2.24) is 4.98 Å². The summed E-state index contributed by atoms with van der Waals surface area (Å²) in [6.45, 7) is 6.54. The van der Waals surface area contributed by atoms with E-state index in [-0.39, 0.29) is 11.3 Å². The molecule has 6 nitrogen and oxygen atoms in total. The van der Waals surface area contributed by atoms with Gasteiger partial charge in [0.25, 0.3) is 5.78 Å². The number of thiazole rings is 1. The number of aliphatic hydroxyl groups excluding tert-OH is 1. The Morgan fingerprint density at radius 1 is 1.05 bits per heavy atom. The highest BCUT2D eigenvalue weighted by molar-refractivity contribution is 7.22. The molecule has 1 aromatic heterocycles. The molecular formula is C31H29ClN2O4S. The molecule has 1 saturated heterocycles. The van der Waals surface area contributed by atoms with Crippen LogP contribution in [0, 0.1) is 13.8 Å². The first kappa shape index (κ1) is 26.9. The molecule has 0 radical (unpaired) electrons. The number of rotatable bonds is 8. The van der Waals surface area contributed by atoms with E-state index < -0.39 is 17.7 Å². The highest BCUT2D eigenvalue weighted by Gasteiger charge is 2.48. The Bertz CT molecular complexity index is 1590. The quantitative estimate of drug-likeness (QED) is 0.103. The Labute approximate surface area is 236 Å². The van der Waals surface area contributed by atoms with Crippen molar-refractivity contribution in [1.29, 1.82) is 0 Å². The summed E-state index contributed by atoms with van der Waals surface area (Å²) in [6.07, 6.45) is 3.17. The second-order valence-electron chi connectivity index (χ2n) is 9.72. The number of ether oxygens (including phenoxy) is 1. The molecule has 5 rings (SSSR count). The van der Waals surface area contributed by atoms with Gasteiger partial charge in [0.2, 0.25) is 0 Å². The zero-order chi connectivity index (χ0) is 27.7. The predicted octanol–water partition coefficient (Wildman–Crippen LogP) is 7.76. The number of aromatic nitrogens is 1. The molecule has 1 aliphatic rings. The van der Waals surface area contributed by atoms with Crippen molar-refractivity contribution in [3.8, 4) is 5.75 Å². The first-order chi connectivity index (χ1) is 18.8. The van der Waals surface area contributed by atoms with Gasteiger partial charge in [0.15, 0.2) is 5.13 Å². The second kappa shape index (κ2) is 11.2. The molecule has 1 fully saturated rings. The summed E-state index contributed by atoms with van der Waals surface area (Å²) < 4.78 is 6.67. The minimum atomic E-state index is -0.866. The lowest BCUT2D eigenvalue weighted by molar-refractivity contribution is -0.132. The zero-order valence-electron chi connectivity index (χ0n) is 22.0. The maximum Gasteiger partial charge on any atom is 0.301 e. The van der Waals surface area contributed by atoms with Gasteiger partial charge in [-0.15, -0.1) is 0 Å². The van der Waals surface area contributed by atoms with Crippen LogP contribution in [0.15, 0.2) is 66.2 Å². The maximum absolute atomic E-state index is 13.5. The van der Waals surface area contributed by atoms with Crippen molar-refractivity contribution in [2.45, 2.75) is 46.1 Å². The number of ketones is 1. The first-order valence-electron chi connectivity index (χ1n) is 13.0. The monoisotopic (exact) mass is 560 g/mol. The fourth-order valence-corrected chi connectivity index (χ4v) is 6.03. The molecule has 1 N–H and O–H groups in total. The lowest BCUT2D eigenvalue weighted by Crippen LogP contribution is -2.29. The van der Waals surface area contributed by atoms with Gasteiger partial charge in [0.1, 0.15) is 11.5 Å². The van der Waals surface area contributed by atoms with Crippen LogP contribution in [-0.4, -0.2) is 28.4 Å². The van der Waals surface area contributed by atoms with Crippen LogP contribution in [0.25, 0.3) is 16.0 Å². The minimum absolute atomic E-state index is 0.0302. The van der Waals surface area contributed by atoms with Crippen molar-refractivity contribution < 1.29 is 19.4 Å². The number of fused-ring (bicyclic) bond motifs is 1. The van der Waals surface area contributed by atoms with E-state index in [0.29, 0.717) is 39.2 Å². The third kappa shape index (κ3) is 5.29.